The zero-order valence-electron chi connectivity index (χ0n) is 11.0. The van der Waals surface area contributed by atoms with Gasteiger partial charge in [0.1, 0.15) is 11.5 Å². The molecule has 112 valence electrons. The molecule has 1 aromatic carbocycles. The summed E-state index contributed by atoms with van der Waals surface area (Å²) < 4.78 is 45.5. The maximum Gasteiger partial charge on any atom is 0.573 e. The molecule has 0 unspecified atom stereocenters. The van der Waals surface area contributed by atoms with E-state index in [9.17, 15) is 13.2 Å². The van der Waals surface area contributed by atoms with E-state index in [1.807, 2.05) is 0 Å². The predicted octanol–water partition coefficient (Wildman–Crippen LogP) is 2.51. The van der Waals surface area contributed by atoms with Gasteiger partial charge in [-0.15, -0.1) is 13.2 Å². The number of hydrogen-bond acceptors (Lipinski definition) is 5. The molecule has 0 amide bonds. The summed E-state index contributed by atoms with van der Waals surface area (Å²) in [6, 6.07) is 3.74. The molecule has 0 aliphatic rings. The highest BCUT2D eigenvalue weighted by Gasteiger charge is 2.31. The summed E-state index contributed by atoms with van der Waals surface area (Å²) in [5.41, 5.74) is 6.99. The Morgan fingerprint density at radius 1 is 1.24 bits per heavy atom. The average Bonchev–Trinajstić information content (AvgIpc) is 2.45. The number of nitrogens with two attached hydrogens (primary N) is 1. The van der Waals surface area contributed by atoms with Crippen LogP contribution in [-0.2, 0) is 6.54 Å². The van der Waals surface area contributed by atoms with Crippen molar-refractivity contribution in [3.05, 3.63) is 36.3 Å². The Labute approximate surface area is 118 Å². The van der Waals surface area contributed by atoms with E-state index in [-0.39, 0.29) is 18.0 Å². The van der Waals surface area contributed by atoms with Gasteiger partial charge in [-0.1, -0.05) is 0 Å². The summed E-state index contributed by atoms with van der Waals surface area (Å²) in [6.45, 7) is 0.207. The van der Waals surface area contributed by atoms with Gasteiger partial charge in [-0.05, 0) is 12.1 Å². The first-order valence-electron chi connectivity index (χ1n) is 5.88. The second-order valence-electron chi connectivity index (χ2n) is 4.01. The summed E-state index contributed by atoms with van der Waals surface area (Å²) in [4.78, 5) is 8.22. The Morgan fingerprint density at radius 2 is 2.00 bits per heavy atom. The van der Waals surface area contributed by atoms with Crippen molar-refractivity contribution >= 4 is 0 Å². The van der Waals surface area contributed by atoms with E-state index in [1.54, 1.807) is 0 Å². The van der Waals surface area contributed by atoms with E-state index >= 15 is 0 Å². The van der Waals surface area contributed by atoms with Crippen LogP contribution in [0.25, 0.3) is 11.3 Å². The Kier molecular flexibility index (Phi) is 4.27. The number of benzene rings is 1. The molecule has 2 rings (SSSR count). The lowest BCUT2D eigenvalue weighted by Gasteiger charge is -2.13. The van der Waals surface area contributed by atoms with Crippen LogP contribution in [0.15, 0.2) is 30.6 Å². The Hall–Kier alpha value is -2.35. The molecule has 0 aliphatic carbocycles. The van der Waals surface area contributed by atoms with Crippen LogP contribution >= 0.6 is 0 Å². The van der Waals surface area contributed by atoms with Crippen LogP contribution in [0.3, 0.4) is 0 Å². The van der Waals surface area contributed by atoms with Gasteiger partial charge < -0.3 is 15.2 Å². The molecule has 0 aliphatic heterocycles. The fourth-order valence-electron chi connectivity index (χ4n) is 1.71. The van der Waals surface area contributed by atoms with Gasteiger partial charge in [-0.3, -0.25) is 4.98 Å². The summed E-state index contributed by atoms with van der Waals surface area (Å²) in [5.74, 6) is -0.175. The second kappa shape index (κ2) is 5.96. The first kappa shape index (κ1) is 15.0. The molecule has 8 heteroatoms. The quantitative estimate of drug-likeness (QED) is 0.939. The zero-order chi connectivity index (χ0) is 15.5. The second-order valence-corrected chi connectivity index (χ2v) is 4.01. The third-order valence-electron chi connectivity index (χ3n) is 2.58. The lowest BCUT2D eigenvalue weighted by atomic mass is 10.1. The van der Waals surface area contributed by atoms with Crippen molar-refractivity contribution in [2.24, 2.45) is 5.73 Å². The maximum absolute atomic E-state index is 12.2. The largest absolute Gasteiger partial charge is 0.573 e. The summed E-state index contributed by atoms with van der Waals surface area (Å²) in [6.07, 6.45) is -1.77. The van der Waals surface area contributed by atoms with Crippen molar-refractivity contribution in [2.45, 2.75) is 12.9 Å². The third-order valence-corrected chi connectivity index (χ3v) is 2.58. The SMILES string of the molecule is COc1cc(OC(F)(F)F)ccc1-c1cncc(CN)n1. The molecule has 0 fully saturated rings. The van der Waals surface area contributed by atoms with Crippen LogP contribution in [0.5, 0.6) is 11.5 Å². The number of alkyl halides is 3. The highest BCUT2D eigenvalue weighted by molar-refractivity contribution is 5.68. The molecule has 2 N–H and O–H groups in total. The molecule has 0 bridgehead atoms. The van der Waals surface area contributed by atoms with Crippen molar-refractivity contribution in [2.75, 3.05) is 7.11 Å². The number of methoxy groups -OCH3 is 1. The summed E-state index contributed by atoms with van der Waals surface area (Å²) in [5, 5.41) is 0. The fourth-order valence-corrected chi connectivity index (χ4v) is 1.71. The van der Waals surface area contributed by atoms with Gasteiger partial charge >= 0.3 is 6.36 Å². The molecule has 0 saturated heterocycles. The topological polar surface area (TPSA) is 70.3 Å². The minimum absolute atomic E-state index is 0.195. The van der Waals surface area contributed by atoms with Crippen molar-refractivity contribution in [1.82, 2.24) is 9.97 Å². The molecule has 0 saturated carbocycles. The number of hydrogen-bond donors (Lipinski definition) is 1. The zero-order valence-corrected chi connectivity index (χ0v) is 11.0. The fraction of sp³-hybridized carbons (Fsp3) is 0.231. The number of rotatable bonds is 4. The van der Waals surface area contributed by atoms with Crippen molar-refractivity contribution in [3.63, 3.8) is 0 Å². The van der Waals surface area contributed by atoms with Crippen LogP contribution in [0.2, 0.25) is 0 Å². The van der Waals surface area contributed by atoms with Crippen molar-refractivity contribution in [3.8, 4) is 22.8 Å². The van der Waals surface area contributed by atoms with Gasteiger partial charge in [0.15, 0.2) is 0 Å². The van der Waals surface area contributed by atoms with E-state index in [4.69, 9.17) is 10.5 Å². The van der Waals surface area contributed by atoms with Crippen LogP contribution in [0, 0.1) is 0 Å². The molecule has 0 atom stereocenters. The van der Waals surface area contributed by atoms with Crippen LogP contribution in [0.4, 0.5) is 13.2 Å². The Morgan fingerprint density at radius 3 is 2.62 bits per heavy atom. The maximum atomic E-state index is 12.2. The van der Waals surface area contributed by atoms with Crippen molar-refractivity contribution in [1.29, 1.82) is 0 Å². The lowest BCUT2D eigenvalue weighted by Crippen LogP contribution is -2.17. The van der Waals surface area contributed by atoms with E-state index in [0.717, 1.165) is 6.07 Å². The average molecular weight is 299 g/mol. The monoisotopic (exact) mass is 299 g/mol. The Bertz CT molecular complexity index is 632. The molecular formula is C13H12F3N3O2. The molecule has 1 heterocycles. The third kappa shape index (κ3) is 3.82. The van der Waals surface area contributed by atoms with Gasteiger partial charge in [0, 0.05) is 24.4 Å². The number of aromatic nitrogens is 2. The number of halogens is 3. The summed E-state index contributed by atoms with van der Waals surface area (Å²) in [7, 11) is 1.34. The minimum Gasteiger partial charge on any atom is -0.496 e. The van der Waals surface area contributed by atoms with E-state index in [0.29, 0.717) is 17.0 Å². The van der Waals surface area contributed by atoms with Gasteiger partial charge in [-0.25, -0.2) is 4.98 Å². The Balaban J connectivity index is 2.40. The summed E-state index contributed by atoms with van der Waals surface area (Å²) >= 11 is 0. The number of ether oxygens (including phenoxy) is 2. The van der Waals surface area contributed by atoms with Gasteiger partial charge in [0.25, 0.3) is 0 Å². The molecular weight excluding hydrogens is 287 g/mol. The number of nitrogens with zero attached hydrogens (tertiary/aromatic N) is 2. The lowest BCUT2D eigenvalue weighted by molar-refractivity contribution is -0.274. The van der Waals surface area contributed by atoms with Crippen LogP contribution < -0.4 is 15.2 Å². The first-order chi connectivity index (χ1) is 9.93. The molecule has 1 aromatic heterocycles. The molecule has 2 aromatic rings. The van der Waals surface area contributed by atoms with Crippen LogP contribution in [-0.4, -0.2) is 23.4 Å². The smallest absolute Gasteiger partial charge is 0.496 e. The van der Waals surface area contributed by atoms with Gasteiger partial charge in [0.2, 0.25) is 0 Å². The van der Waals surface area contributed by atoms with Gasteiger partial charge in [-0.2, -0.15) is 0 Å². The standard InChI is InChI=1S/C13H12F3N3O2/c1-20-12-4-9(21-13(14,15)16)2-3-10(12)11-7-18-6-8(5-17)19-11/h2-4,6-7H,5,17H2,1H3. The first-order valence-corrected chi connectivity index (χ1v) is 5.88. The normalized spacial score (nSPS) is 11.3. The van der Waals surface area contributed by atoms with E-state index in [1.165, 1.54) is 31.6 Å². The molecule has 5 nitrogen and oxygen atoms in total. The van der Waals surface area contributed by atoms with E-state index < -0.39 is 6.36 Å². The van der Waals surface area contributed by atoms with Crippen molar-refractivity contribution < 1.29 is 22.6 Å². The molecule has 0 spiro atoms. The highest BCUT2D eigenvalue weighted by atomic mass is 19.4. The van der Waals surface area contributed by atoms with Crippen LogP contribution in [0.1, 0.15) is 5.69 Å². The van der Waals surface area contributed by atoms with Gasteiger partial charge in [0.05, 0.1) is 24.7 Å². The minimum atomic E-state index is -4.76. The highest BCUT2D eigenvalue weighted by Crippen LogP contribution is 2.34. The van der Waals surface area contributed by atoms with E-state index in [2.05, 4.69) is 14.7 Å². The molecule has 21 heavy (non-hydrogen) atoms. The predicted molar refractivity (Wildman–Crippen MR) is 68.6 cm³/mol. The molecule has 0 radical (unpaired) electrons.